The highest BCUT2D eigenvalue weighted by molar-refractivity contribution is 5.91. The Kier molecular flexibility index (Phi) is 4.76. The summed E-state index contributed by atoms with van der Waals surface area (Å²) in [7, 11) is 0. The summed E-state index contributed by atoms with van der Waals surface area (Å²) in [5, 5.41) is 6.83. The van der Waals surface area contributed by atoms with Crippen molar-refractivity contribution in [2.75, 3.05) is 11.4 Å². The number of aromatic nitrogens is 1. The number of carbonyl (C=O) groups is 2. The highest BCUT2D eigenvalue weighted by atomic mass is 16.5. The van der Waals surface area contributed by atoms with Crippen LogP contribution in [0.2, 0.25) is 0 Å². The number of anilines is 1. The second-order valence-corrected chi connectivity index (χ2v) is 5.27. The van der Waals surface area contributed by atoms with Crippen molar-refractivity contribution in [3.05, 3.63) is 11.8 Å². The lowest BCUT2D eigenvalue weighted by molar-refractivity contribution is -0.121. The van der Waals surface area contributed by atoms with Gasteiger partial charge < -0.3 is 9.84 Å². The molecule has 0 aliphatic heterocycles. The third-order valence-corrected chi connectivity index (χ3v) is 3.55. The monoisotopic (exact) mass is 279 g/mol. The van der Waals surface area contributed by atoms with E-state index >= 15 is 0 Å². The van der Waals surface area contributed by atoms with Crippen LogP contribution in [-0.4, -0.2) is 29.6 Å². The van der Waals surface area contributed by atoms with Crippen LogP contribution in [0.25, 0.3) is 0 Å². The van der Waals surface area contributed by atoms with E-state index in [1.165, 1.54) is 24.7 Å². The Bertz CT molecular complexity index is 478. The summed E-state index contributed by atoms with van der Waals surface area (Å²) in [6, 6.07) is 2.00. The van der Waals surface area contributed by atoms with Crippen molar-refractivity contribution in [2.24, 2.45) is 0 Å². The van der Waals surface area contributed by atoms with Gasteiger partial charge in [0.15, 0.2) is 5.82 Å². The zero-order valence-corrected chi connectivity index (χ0v) is 12.0. The van der Waals surface area contributed by atoms with Crippen molar-refractivity contribution in [1.29, 1.82) is 0 Å². The molecule has 0 saturated heterocycles. The van der Waals surface area contributed by atoms with E-state index in [1.807, 2.05) is 0 Å². The number of carbonyl (C=O) groups excluding carboxylic acids is 2. The molecule has 1 aliphatic rings. The first-order valence-corrected chi connectivity index (χ1v) is 7.07. The second kappa shape index (κ2) is 6.54. The second-order valence-electron chi connectivity index (χ2n) is 5.27. The molecule has 1 fully saturated rings. The number of hydrogen-bond donors (Lipinski definition) is 1. The van der Waals surface area contributed by atoms with Gasteiger partial charge >= 0.3 is 0 Å². The van der Waals surface area contributed by atoms with Crippen molar-refractivity contribution in [1.82, 2.24) is 10.5 Å². The predicted molar refractivity (Wildman–Crippen MR) is 74.3 cm³/mol. The van der Waals surface area contributed by atoms with Gasteiger partial charge in [-0.15, -0.1) is 0 Å². The summed E-state index contributed by atoms with van der Waals surface area (Å²) in [6.07, 6.45) is 4.77. The van der Waals surface area contributed by atoms with Gasteiger partial charge in [0.2, 0.25) is 11.8 Å². The largest absolute Gasteiger partial charge is 0.360 e. The maximum absolute atomic E-state index is 11.9. The molecule has 0 bridgehead atoms. The molecular formula is C14H21N3O3. The lowest BCUT2D eigenvalue weighted by Gasteiger charge is -2.18. The Hall–Kier alpha value is -1.85. The van der Waals surface area contributed by atoms with Crippen LogP contribution in [0.15, 0.2) is 10.6 Å². The molecule has 0 spiro atoms. The van der Waals surface area contributed by atoms with Gasteiger partial charge in [0.05, 0.1) is 0 Å². The van der Waals surface area contributed by atoms with Crippen molar-refractivity contribution in [3.8, 4) is 0 Å². The molecule has 1 saturated carbocycles. The summed E-state index contributed by atoms with van der Waals surface area (Å²) in [5.74, 6) is 0.945. The van der Waals surface area contributed by atoms with Crippen LogP contribution in [0.4, 0.5) is 5.82 Å². The fraction of sp³-hybridized carbons (Fsp3) is 0.643. The molecule has 20 heavy (non-hydrogen) atoms. The molecular weight excluding hydrogens is 258 g/mol. The van der Waals surface area contributed by atoms with Gasteiger partial charge in [-0.25, -0.2) is 0 Å². The van der Waals surface area contributed by atoms with Gasteiger partial charge in [0, 0.05) is 32.0 Å². The quantitative estimate of drug-likeness (QED) is 0.891. The molecule has 6 nitrogen and oxygen atoms in total. The zero-order chi connectivity index (χ0) is 14.5. The van der Waals surface area contributed by atoms with Gasteiger partial charge in [-0.05, 0) is 19.8 Å². The molecule has 2 amide bonds. The molecule has 1 aromatic rings. The van der Waals surface area contributed by atoms with E-state index < -0.39 is 0 Å². The molecule has 0 aromatic carbocycles. The minimum absolute atomic E-state index is 0.0108. The smallest absolute Gasteiger partial charge is 0.225 e. The lowest BCUT2D eigenvalue weighted by atomic mass is 10.2. The zero-order valence-electron chi connectivity index (χ0n) is 12.0. The van der Waals surface area contributed by atoms with Crippen LogP contribution < -0.4 is 10.2 Å². The van der Waals surface area contributed by atoms with Crippen LogP contribution in [0.3, 0.4) is 0 Å². The highest BCUT2D eigenvalue weighted by Gasteiger charge is 2.20. The third kappa shape index (κ3) is 3.82. The van der Waals surface area contributed by atoms with Crippen LogP contribution >= 0.6 is 0 Å². The van der Waals surface area contributed by atoms with E-state index in [0.717, 1.165) is 12.8 Å². The van der Waals surface area contributed by atoms with Crippen molar-refractivity contribution >= 4 is 17.6 Å². The van der Waals surface area contributed by atoms with Crippen LogP contribution in [0.5, 0.6) is 0 Å². The third-order valence-electron chi connectivity index (χ3n) is 3.55. The number of nitrogens with zero attached hydrogens (tertiary/aromatic N) is 2. The van der Waals surface area contributed by atoms with Gasteiger partial charge in [-0.1, -0.05) is 18.0 Å². The first kappa shape index (κ1) is 14.6. The number of rotatable bonds is 5. The molecule has 6 heteroatoms. The topological polar surface area (TPSA) is 75.4 Å². The molecule has 0 radical (unpaired) electrons. The fourth-order valence-electron chi connectivity index (χ4n) is 2.50. The van der Waals surface area contributed by atoms with Gasteiger partial charge in [0.1, 0.15) is 5.76 Å². The SMILES string of the molecule is CC(=O)N(CCC(=O)NC1CCCC1)c1cc(C)on1. The van der Waals surface area contributed by atoms with Crippen molar-refractivity contribution < 1.29 is 14.1 Å². The molecule has 1 heterocycles. The lowest BCUT2D eigenvalue weighted by Crippen LogP contribution is -2.37. The summed E-state index contributed by atoms with van der Waals surface area (Å²) in [5.41, 5.74) is 0. The van der Waals surface area contributed by atoms with E-state index in [2.05, 4.69) is 10.5 Å². The van der Waals surface area contributed by atoms with Crippen molar-refractivity contribution in [2.45, 2.75) is 52.0 Å². The summed E-state index contributed by atoms with van der Waals surface area (Å²) in [6.45, 7) is 3.54. The van der Waals surface area contributed by atoms with Crippen LogP contribution in [0, 0.1) is 6.92 Å². The predicted octanol–water partition coefficient (Wildman–Crippen LogP) is 1.78. The normalized spacial score (nSPS) is 15.3. The first-order valence-electron chi connectivity index (χ1n) is 7.07. The Labute approximate surface area is 118 Å². The molecule has 1 aliphatic carbocycles. The van der Waals surface area contributed by atoms with Crippen molar-refractivity contribution in [3.63, 3.8) is 0 Å². The maximum atomic E-state index is 11.9. The first-order chi connectivity index (χ1) is 9.56. The standard InChI is InChI=1S/C14H21N3O3/c1-10-9-13(16-20-10)17(11(2)18)8-7-14(19)15-12-5-3-4-6-12/h9,12H,3-8H2,1-2H3,(H,15,19). The molecule has 1 N–H and O–H groups in total. The molecule has 2 rings (SSSR count). The van der Waals surface area contributed by atoms with E-state index in [1.54, 1.807) is 13.0 Å². The average molecular weight is 279 g/mol. The Morgan fingerprint density at radius 2 is 2.15 bits per heavy atom. The Morgan fingerprint density at radius 3 is 2.70 bits per heavy atom. The van der Waals surface area contributed by atoms with E-state index in [4.69, 9.17) is 4.52 Å². The fourth-order valence-corrected chi connectivity index (χ4v) is 2.50. The number of nitrogens with one attached hydrogen (secondary N) is 1. The van der Waals surface area contributed by atoms with Gasteiger partial charge in [0.25, 0.3) is 0 Å². The van der Waals surface area contributed by atoms with Crippen LogP contribution in [-0.2, 0) is 9.59 Å². The van der Waals surface area contributed by atoms with E-state index in [-0.39, 0.29) is 18.2 Å². The molecule has 110 valence electrons. The Morgan fingerprint density at radius 1 is 1.45 bits per heavy atom. The van der Waals surface area contributed by atoms with E-state index in [9.17, 15) is 9.59 Å². The molecule has 0 atom stereocenters. The highest BCUT2D eigenvalue weighted by Crippen LogP contribution is 2.18. The summed E-state index contributed by atoms with van der Waals surface area (Å²) >= 11 is 0. The summed E-state index contributed by atoms with van der Waals surface area (Å²) < 4.78 is 4.97. The van der Waals surface area contributed by atoms with Crippen LogP contribution in [0.1, 0.15) is 44.8 Å². The minimum Gasteiger partial charge on any atom is -0.360 e. The average Bonchev–Trinajstić information content (AvgIpc) is 3.01. The number of amides is 2. The van der Waals surface area contributed by atoms with E-state index in [0.29, 0.717) is 24.2 Å². The van der Waals surface area contributed by atoms with Gasteiger partial charge in [-0.3, -0.25) is 14.5 Å². The minimum atomic E-state index is -0.146. The summed E-state index contributed by atoms with van der Waals surface area (Å²) in [4.78, 5) is 25.0. The number of hydrogen-bond acceptors (Lipinski definition) is 4. The molecule has 1 aromatic heterocycles. The molecule has 0 unspecified atom stereocenters. The Balaban J connectivity index is 1.85. The number of aryl methyl sites for hydroxylation is 1. The maximum Gasteiger partial charge on any atom is 0.225 e. The van der Waals surface area contributed by atoms with Gasteiger partial charge in [-0.2, -0.15) is 0 Å².